The Morgan fingerprint density at radius 1 is 1.06 bits per heavy atom. The summed E-state index contributed by atoms with van der Waals surface area (Å²) in [6, 6.07) is 0. The van der Waals surface area contributed by atoms with Gasteiger partial charge in [-0.15, -0.1) is 0 Å². The van der Waals surface area contributed by atoms with Crippen LogP contribution in [0, 0.1) is 11.8 Å². The second-order valence-electron chi connectivity index (χ2n) is 5.42. The van der Waals surface area contributed by atoms with Gasteiger partial charge in [0, 0.05) is 30.6 Å². The number of rotatable bonds is 1. The quantitative estimate of drug-likeness (QED) is 0.516. The maximum atomic E-state index is 12.2. The number of hydrogen-bond donors (Lipinski definition) is 0. The van der Waals surface area contributed by atoms with Crippen LogP contribution < -0.4 is 0 Å². The summed E-state index contributed by atoms with van der Waals surface area (Å²) in [5, 5.41) is 0. The lowest BCUT2D eigenvalue weighted by molar-refractivity contribution is -0.129. The van der Waals surface area contributed by atoms with E-state index in [1.165, 1.54) is 0 Å². The van der Waals surface area contributed by atoms with Crippen molar-refractivity contribution in [1.82, 2.24) is 4.90 Å². The number of Topliss-reactive ketones (excluding diaryl/α,β-unsaturated/α-hetero) is 2. The summed E-state index contributed by atoms with van der Waals surface area (Å²) >= 11 is 0. The van der Waals surface area contributed by atoms with Crippen LogP contribution in [0.15, 0.2) is 11.3 Å². The Morgan fingerprint density at radius 2 is 1.53 bits per heavy atom. The minimum Gasteiger partial charge on any atom is -0.374 e. The van der Waals surface area contributed by atoms with E-state index >= 15 is 0 Å². The Hall–Kier alpha value is -1.12. The third-order valence-corrected chi connectivity index (χ3v) is 4.04. The predicted octanol–water partition coefficient (Wildman–Crippen LogP) is 2.17. The maximum absolute atomic E-state index is 12.2. The van der Waals surface area contributed by atoms with Gasteiger partial charge in [-0.1, -0.05) is 13.8 Å². The van der Waals surface area contributed by atoms with Crippen LogP contribution in [0.1, 0.15) is 40.0 Å². The molecule has 2 atom stereocenters. The molecule has 0 aromatic rings. The van der Waals surface area contributed by atoms with E-state index in [1.54, 1.807) is 0 Å². The van der Waals surface area contributed by atoms with Crippen molar-refractivity contribution < 1.29 is 9.59 Å². The Bertz CT molecular complexity index is 356. The van der Waals surface area contributed by atoms with E-state index < -0.39 is 0 Å². The number of hydrogen-bond acceptors (Lipinski definition) is 3. The number of likely N-dealkylation sites (tertiary alicyclic amines) is 1. The third kappa shape index (κ3) is 2.15. The fraction of sp³-hybridized carbons (Fsp3) is 0.714. The smallest absolute Gasteiger partial charge is 0.171 e. The highest BCUT2D eigenvalue weighted by atomic mass is 16.2. The average molecular weight is 235 g/mol. The van der Waals surface area contributed by atoms with Crippen LogP contribution in [0.25, 0.3) is 0 Å². The summed E-state index contributed by atoms with van der Waals surface area (Å²) < 4.78 is 0. The zero-order chi connectivity index (χ0) is 12.6. The van der Waals surface area contributed by atoms with Gasteiger partial charge in [-0.3, -0.25) is 9.59 Å². The summed E-state index contributed by atoms with van der Waals surface area (Å²) in [7, 11) is 0. The summed E-state index contributed by atoms with van der Waals surface area (Å²) in [5.74, 6) is 0.0977. The first-order chi connectivity index (χ1) is 8.02. The van der Waals surface area contributed by atoms with Gasteiger partial charge < -0.3 is 4.90 Å². The van der Waals surface area contributed by atoms with E-state index in [1.807, 2.05) is 20.8 Å². The van der Waals surface area contributed by atoms with Crippen molar-refractivity contribution in [3.8, 4) is 0 Å². The molecule has 3 nitrogen and oxygen atoms in total. The number of allylic oxidation sites excluding steroid dienone is 2. The van der Waals surface area contributed by atoms with Gasteiger partial charge in [-0.2, -0.15) is 0 Å². The highest BCUT2D eigenvalue weighted by Gasteiger charge is 2.36. The number of nitrogens with zero attached hydrogens (tertiary/aromatic N) is 1. The lowest BCUT2D eigenvalue weighted by Gasteiger charge is -2.28. The molecule has 0 aromatic carbocycles. The first-order valence-corrected chi connectivity index (χ1v) is 6.56. The van der Waals surface area contributed by atoms with Crippen molar-refractivity contribution in [3.05, 3.63) is 11.3 Å². The topological polar surface area (TPSA) is 37.4 Å². The largest absolute Gasteiger partial charge is 0.374 e. The molecule has 1 saturated heterocycles. The van der Waals surface area contributed by atoms with E-state index in [-0.39, 0.29) is 23.4 Å². The molecule has 1 saturated carbocycles. The molecule has 0 aromatic heterocycles. The van der Waals surface area contributed by atoms with Gasteiger partial charge in [0.1, 0.15) is 0 Å². The van der Waals surface area contributed by atoms with Crippen LogP contribution >= 0.6 is 0 Å². The molecule has 0 spiro atoms. The molecule has 0 bridgehead atoms. The Kier molecular flexibility index (Phi) is 3.36. The van der Waals surface area contributed by atoms with Gasteiger partial charge in [-0.25, -0.2) is 0 Å². The van der Waals surface area contributed by atoms with Gasteiger partial charge in [0.15, 0.2) is 11.6 Å². The SMILES string of the molecule is CC(=C1C(=O)[C@H](C)C[C@H](C)C1=O)N1CCCC1. The van der Waals surface area contributed by atoms with E-state index in [4.69, 9.17) is 0 Å². The van der Waals surface area contributed by atoms with Crippen LogP contribution in [0.3, 0.4) is 0 Å². The standard InChI is InChI=1S/C14H21NO2/c1-9-8-10(2)14(17)12(13(9)16)11(3)15-6-4-5-7-15/h9-10H,4-8H2,1-3H3/t9-,10+. The van der Waals surface area contributed by atoms with Crippen molar-refractivity contribution in [1.29, 1.82) is 0 Å². The summed E-state index contributed by atoms with van der Waals surface area (Å²) in [5.41, 5.74) is 1.40. The Morgan fingerprint density at radius 3 is 2.00 bits per heavy atom. The summed E-state index contributed by atoms with van der Waals surface area (Å²) in [6.07, 6.45) is 3.03. The van der Waals surface area contributed by atoms with Crippen molar-refractivity contribution in [2.75, 3.05) is 13.1 Å². The third-order valence-electron chi connectivity index (χ3n) is 4.04. The fourth-order valence-electron chi connectivity index (χ4n) is 2.93. The van der Waals surface area contributed by atoms with Crippen molar-refractivity contribution in [2.24, 2.45) is 11.8 Å². The highest BCUT2D eigenvalue weighted by Crippen LogP contribution is 2.30. The Balaban J connectivity index is 2.35. The maximum Gasteiger partial charge on any atom is 0.171 e. The molecule has 0 N–H and O–H groups in total. The molecule has 0 amide bonds. The zero-order valence-electron chi connectivity index (χ0n) is 11.0. The predicted molar refractivity (Wildman–Crippen MR) is 66.5 cm³/mol. The molecule has 2 fully saturated rings. The van der Waals surface area contributed by atoms with Gasteiger partial charge in [0.25, 0.3) is 0 Å². The van der Waals surface area contributed by atoms with Crippen molar-refractivity contribution in [3.63, 3.8) is 0 Å². The normalized spacial score (nSPS) is 33.2. The van der Waals surface area contributed by atoms with Gasteiger partial charge in [-0.05, 0) is 26.2 Å². The monoisotopic (exact) mass is 235 g/mol. The van der Waals surface area contributed by atoms with E-state index in [0.29, 0.717) is 12.0 Å². The molecular weight excluding hydrogens is 214 g/mol. The molecular formula is C14H21NO2. The molecule has 1 aliphatic heterocycles. The molecule has 1 heterocycles. The molecule has 0 unspecified atom stereocenters. The number of ketones is 2. The molecule has 0 radical (unpaired) electrons. The van der Waals surface area contributed by atoms with Crippen LogP contribution in [0.5, 0.6) is 0 Å². The van der Waals surface area contributed by atoms with Crippen LogP contribution in [-0.4, -0.2) is 29.6 Å². The summed E-state index contributed by atoms with van der Waals surface area (Å²) in [6.45, 7) is 7.77. The van der Waals surface area contributed by atoms with E-state index in [0.717, 1.165) is 31.6 Å². The average Bonchev–Trinajstić information content (AvgIpc) is 2.80. The van der Waals surface area contributed by atoms with Crippen molar-refractivity contribution in [2.45, 2.75) is 40.0 Å². The van der Waals surface area contributed by atoms with Crippen LogP contribution in [0.4, 0.5) is 0 Å². The van der Waals surface area contributed by atoms with Crippen molar-refractivity contribution >= 4 is 11.6 Å². The van der Waals surface area contributed by atoms with E-state index in [9.17, 15) is 9.59 Å². The zero-order valence-corrected chi connectivity index (χ0v) is 11.0. The number of carbonyl (C=O) groups is 2. The molecule has 2 rings (SSSR count). The number of carbonyl (C=O) groups excluding carboxylic acids is 2. The molecule has 2 aliphatic rings. The lowest BCUT2D eigenvalue weighted by atomic mass is 9.77. The van der Waals surface area contributed by atoms with E-state index in [2.05, 4.69) is 4.90 Å². The second kappa shape index (κ2) is 4.63. The lowest BCUT2D eigenvalue weighted by Crippen LogP contribution is -2.35. The minimum absolute atomic E-state index is 0.00440. The summed E-state index contributed by atoms with van der Waals surface area (Å²) in [4.78, 5) is 26.5. The van der Waals surface area contributed by atoms with Gasteiger partial charge >= 0.3 is 0 Å². The first-order valence-electron chi connectivity index (χ1n) is 6.56. The molecule has 17 heavy (non-hydrogen) atoms. The minimum atomic E-state index is -0.00440. The fourth-order valence-corrected chi connectivity index (χ4v) is 2.93. The molecule has 3 heteroatoms. The molecule has 94 valence electrons. The van der Waals surface area contributed by atoms with Crippen LogP contribution in [-0.2, 0) is 9.59 Å². The van der Waals surface area contributed by atoms with Gasteiger partial charge in [0.05, 0.1) is 5.57 Å². The highest BCUT2D eigenvalue weighted by molar-refractivity contribution is 6.23. The van der Waals surface area contributed by atoms with Crippen LogP contribution in [0.2, 0.25) is 0 Å². The first kappa shape index (κ1) is 12.3. The van der Waals surface area contributed by atoms with Gasteiger partial charge in [0.2, 0.25) is 0 Å². The second-order valence-corrected chi connectivity index (χ2v) is 5.42. The molecule has 1 aliphatic carbocycles. The Labute approximate surface area is 103 Å².